The molecule has 1 saturated carbocycles. The van der Waals surface area contributed by atoms with Crippen molar-refractivity contribution in [1.82, 2.24) is 0 Å². The predicted octanol–water partition coefficient (Wildman–Crippen LogP) is 3.48. The lowest BCUT2D eigenvalue weighted by Gasteiger charge is -2.12. The van der Waals surface area contributed by atoms with Crippen molar-refractivity contribution >= 4 is 23.2 Å². The zero-order valence-corrected chi connectivity index (χ0v) is 10.6. The molecule has 0 bridgehead atoms. The minimum Gasteiger partial charge on any atom is -0.497 e. The molecule has 3 nitrogen and oxygen atoms in total. The number of nitrogens with one attached hydrogen (secondary N) is 1. The van der Waals surface area contributed by atoms with Crippen molar-refractivity contribution in [3.8, 4) is 5.75 Å². The van der Waals surface area contributed by atoms with Crippen LogP contribution in [0.15, 0.2) is 18.2 Å². The summed E-state index contributed by atoms with van der Waals surface area (Å²) in [6, 6.07) is 5.26. The van der Waals surface area contributed by atoms with Gasteiger partial charge in [0.15, 0.2) is 0 Å². The number of methoxy groups -OCH3 is 1. The Morgan fingerprint density at radius 3 is 2.71 bits per heavy atom. The average molecular weight is 254 g/mol. The van der Waals surface area contributed by atoms with Gasteiger partial charge in [-0.25, -0.2) is 0 Å². The smallest absolute Gasteiger partial charge is 0.227 e. The number of benzene rings is 1. The van der Waals surface area contributed by atoms with Crippen molar-refractivity contribution in [3.05, 3.63) is 23.2 Å². The van der Waals surface area contributed by atoms with Crippen molar-refractivity contribution in [3.63, 3.8) is 0 Å². The van der Waals surface area contributed by atoms with Crippen LogP contribution in [0, 0.1) is 5.92 Å². The third-order valence-corrected chi connectivity index (χ3v) is 3.47. The molecule has 0 spiro atoms. The maximum absolute atomic E-state index is 11.9. The highest BCUT2D eigenvalue weighted by Gasteiger charge is 2.23. The van der Waals surface area contributed by atoms with Gasteiger partial charge in [0.1, 0.15) is 5.75 Å². The van der Waals surface area contributed by atoms with Gasteiger partial charge in [-0.3, -0.25) is 4.79 Å². The summed E-state index contributed by atoms with van der Waals surface area (Å²) in [5, 5.41) is 3.39. The highest BCUT2D eigenvalue weighted by atomic mass is 35.5. The molecular formula is C13H16ClNO2. The number of ether oxygens (including phenoxy) is 1. The van der Waals surface area contributed by atoms with Gasteiger partial charge in [0.25, 0.3) is 0 Å². The Hall–Kier alpha value is -1.22. The Kier molecular flexibility index (Phi) is 3.89. The molecule has 0 unspecified atom stereocenters. The quantitative estimate of drug-likeness (QED) is 0.896. The zero-order valence-electron chi connectivity index (χ0n) is 9.83. The molecule has 1 aromatic carbocycles. The van der Waals surface area contributed by atoms with Gasteiger partial charge in [0.2, 0.25) is 5.91 Å². The van der Waals surface area contributed by atoms with Crippen LogP contribution in [0.1, 0.15) is 25.7 Å². The number of halogens is 1. The molecule has 1 fully saturated rings. The summed E-state index contributed by atoms with van der Waals surface area (Å²) in [6.45, 7) is 0. The Morgan fingerprint density at radius 2 is 2.12 bits per heavy atom. The summed E-state index contributed by atoms with van der Waals surface area (Å²) in [7, 11) is 1.59. The molecule has 92 valence electrons. The largest absolute Gasteiger partial charge is 0.497 e. The first-order valence-corrected chi connectivity index (χ1v) is 6.23. The number of carbonyl (C=O) groups excluding carboxylic acids is 1. The molecule has 2 rings (SSSR count). The number of hydrogen-bond donors (Lipinski definition) is 1. The number of rotatable bonds is 3. The molecular weight excluding hydrogens is 238 g/mol. The molecule has 0 saturated heterocycles. The van der Waals surface area contributed by atoms with Crippen LogP contribution in [0.5, 0.6) is 5.75 Å². The molecule has 4 heteroatoms. The highest BCUT2D eigenvalue weighted by Crippen LogP contribution is 2.29. The van der Waals surface area contributed by atoms with Gasteiger partial charge >= 0.3 is 0 Å². The first-order valence-electron chi connectivity index (χ1n) is 5.85. The van der Waals surface area contributed by atoms with Crippen LogP contribution in [-0.4, -0.2) is 13.0 Å². The second kappa shape index (κ2) is 5.41. The van der Waals surface area contributed by atoms with Crippen molar-refractivity contribution in [2.45, 2.75) is 25.7 Å². The fourth-order valence-corrected chi connectivity index (χ4v) is 2.36. The van der Waals surface area contributed by atoms with Crippen LogP contribution in [0.3, 0.4) is 0 Å². The first-order chi connectivity index (χ1) is 8.20. The van der Waals surface area contributed by atoms with Crippen LogP contribution < -0.4 is 10.1 Å². The van der Waals surface area contributed by atoms with Crippen LogP contribution in [0.2, 0.25) is 5.02 Å². The third kappa shape index (κ3) is 2.91. The number of anilines is 1. The van der Waals surface area contributed by atoms with Crippen LogP contribution in [-0.2, 0) is 4.79 Å². The van der Waals surface area contributed by atoms with Gasteiger partial charge < -0.3 is 10.1 Å². The lowest BCUT2D eigenvalue weighted by Crippen LogP contribution is -2.20. The monoisotopic (exact) mass is 253 g/mol. The van der Waals surface area contributed by atoms with Crippen LogP contribution in [0.4, 0.5) is 5.69 Å². The van der Waals surface area contributed by atoms with Crippen molar-refractivity contribution in [2.24, 2.45) is 5.92 Å². The molecule has 1 N–H and O–H groups in total. The fourth-order valence-electron chi connectivity index (χ4n) is 2.15. The Balaban J connectivity index is 2.05. The van der Waals surface area contributed by atoms with E-state index in [0.29, 0.717) is 16.5 Å². The highest BCUT2D eigenvalue weighted by molar-refractivity contribution is 6.33. The molecule has 1 amide bonds. The van der Waals surface area contributed by atoms with E-state index in [1.165, 1.54) is 0 Å². The molecule has 0 aliphatic heterocycles. The minimum absolute atomic E-state index is 0.0783. The second-order valence-corrected chi connectivity index (χ2v) is 4.72. The topological polar surface area (TPSA) is 38.3 Å². The standard InChI is InChI=1S/C13H16ClNO2/c1-17-10-6-7-12(11(14)8-10)15-13(16)9-4-2-3-5-9/h6-9H,2-5H2,1H3,(H,15,16). The molecule has 0 atom stereocenters. The lowest BCUT2D eigenvalue weighted by molar-refractivity contribution is -0.119. The van der Waals surface area contributed by atoms with Gasteiger partial charge in [-0.15, -0.1) is 0 Å². The molecule has 17 heavy (non-hydrogen) atoms. The molecule has 1 aliphatic rings. The summed E-state index contributed by atoms with van der Waals surface area (Å²) < 4.78 is 5.06. The summed E-state index contributed by atoms with van der Waals surface area (Å²) in [5.74, 6) is 0.914. The number of amides is 1. The Labute approximate surface area is 106 Å². The van der Waals surface area contributed by atoms with Crippen molar-refractivity contribution < 1.29 is 9.53 Å². The third-order valence-electron chi connectivity index (χ3n) is 3.16. The maximum Gasteiger partial charge on any atom is 0.227 e. The van der Waals surface area contributed by atoms with E-state index in [-0.39, 0.29) is 11.8 Å². The summed E-state index contributed by atoms with van der Waals surface area (Å²) in [5.41, 5.74) is 0.657. The Morgan fingerprint density at radius 1 is 1.41 bits per heavy atom. The molecule has 1 aliphatic carbocycles. The number of hydrogen-bond acceptors (Lipinski definition) is 2. The fraction of sp³-hybridized carbons (Fsp3) is 0.462. The van der Waals surface area contributed by atoms with E-state index in [2.05, 4.69) is 5.32 Å². The SMILES string of the molecule is COc1ccc(NC(=O)C2CCCC2)c(Cl)c1. The van der Waals surface area contributed by atoms with Gasteiger partial charge in [0, 0.05) is 12.0 Å². The second-order valence-electron chi connectivity index (χ2n) is 4.32. The molecule has 0 radical (unpaired) electrons. The van der Waals surface area contributed by atoms with E-state index in [9.17, 15) is 4.79 Å². The number of carbonyl (C=O) groups is 1. The van der Waals surface area contributed by atoms with Crippen molar-refractivity contribution in [2.75, 3.05) is 12.4 Å². The lowest BCUT2D eigenvalue weighted by atomic mass is 10.1. The summed E-state index contributed by atoms with van der Waals surface area (Å²) >= 11 is 6.06. The van der Waals surface area contributed by atoms with E-state index >= 15 is 0 Å². The van der Waals surface area contributed by atoms with Gasteiger partial charge in [-0.1, -0.05) is 24.4 Å². The van der Waals surface area contributed by atoms with E-state index in [0.717, 1.165) is 25.7 Å². The Bertz CT molecular complexity index is 414. The van der Waals surface area contributed by atoms with Gasteiger partial charge in [-0.05, 0) is 25.0 Å². The molecule has 0 heterocycles. The normalized spacial score (nSPS) is 15.9. The van der Waals surface area contributed by atoms with E-state index in [1.54, 1.807) is 25.3 Å². The van der Waals surface area contributed by atoms with E-state index in [4.69, 9.17) is 16.3 Å². The minimum atomic E-state index is 0.0783. The first kappa shape index (κ1) is 12.2. The van der Waals surface area contributed by atoms with E-state index in [1.807, 2.05) is 0 Å². The van der Waals surface area contributed by atoms with Gasteiger partial charge in [0.05, 0.1) is 17.8 Å². The van der Waals surface area contributed by atoms with Crippen LogP contribution >= 0.6 is 11.6 Å². The summed E-state index contributed by atoms with van der Waals surface area (Å²) in [6.07, 6.45) is 4.27. The van der Waals surface area contributed by atoms with E-state index < -0.39 is 0 Å². The summed E-state index contributed by atoms with van der Waals surface area (Å²) in [4.78, 5) is 11.9. The van der Waals surface area contributed by atoms with Gasteiger partial charge in [-0.2, -0.15) is 0 Å². The predicted molar refractivity (Wildman–Crippen MR) is 68.6 cm³/mol. The maximum atomic E-state index is 11.9. The molecule has 1 aromatic rings. The zero-order chi connectivity index (χ0) is 12.3. The van der Waals surface area contributed by atoms with Crippen molar-refractivity contribution in [1.29, 1.82) is 0 Å². The van der Waals surface area contributed by atoms with Crippen LogP contribution in [0.25, 0.3) is 0 Å². The molecule has 0 aromatic heterocycles. The average Bonchev–Trinajstić information content (AvgIpc) is 2.85.